The van der Waals surface area contributed by atoms with Crippen molar-refractivity contribution in [3.63, 3.8) is 0 Å². The summed E-state index contributed by atoms with van der Waals surface area (Å²) in [7, 11) is 0. The molecule has 0 spiro atoms. The normalized spacial score (nSPS) is 26.4. The maximum absolute atomic E-state index is 12.3. The van der Waals surface area contributed by atoms with Crippen molar-refractivity contribution in [1.82, 2.24) is 0 Å². The first-order valence-corrected chi connectivity index (χ1v) is 13.8. The maximum Gasteiger partial charge on any atom is 0.303 e. The van der Waals surface area contributed by atoms with E-state index in [1.165, 1.54) is 6.92 Å². The van der Waals surface area contributed by atoms with E-state index < -0.39 is 56.4 Å². The van der Waals surface area contributed by atoms with Crippen molar-refractivity contribution in [3.05, 3.63) is 108 Å². The minimum Gasteiger partial charge on any atom is -0.454 e. The summed E-state index contributed by atoms with van der Waals surface area (Å²) >= 11 is 3.35. The van der Waals surface area contributed by atoms with Crippen LogP contribution < -0.4 is 0 Å². The van der Waals surface area contributed by atoms with E-state index in [-0.39, 0.29) is 13.2 Å². The van der Waals surface area contributed by atoms with E-state index in [1.54, 1.807) is 60.7 Å². The minimum atomic E-state index is -1.17. The van der Waals surface area contributed by atoms with Crippen molar-refractivity contribution in [2.45, 2.75) is 57.4 Å². The van der Waals surface area contributed by atoms with Crippen molar-refractivity contribution >= 4 is 21.9 Å². The van der Waals surface area contributed by atoms with Crippen LogP contribution in [0.25, 0.3) is 0 Å². The van der Waals surface area contributed by atoms with Crippen LogP contribution in [0.1, 0.15) is 27.7 Å². The van der Waals surface area contributed by atoms with Crippen LogP contribution in [0.2, 0.25) is 0 Å². The third-order valence-corrected chi connectivity index (χ3v) is 6.18. The van der Waals surface area contributed by atoms with Gasteiger partial charge in [0.05, 0.1) is 37.1 Å². The fourth-order valence-electron chi connectivity index (χ4n) is 4.09. The van der Waals surface area contributed by atoms with Crippen molar-refractivity contribution < 1.29 is 37.3 Å². The Balaban J connectivity index is 1.68. The van der Waals surface area contributed by atoms with Gasteiger partial charge in [0.2, 0.25) is 0 Å². The third kappa shape index (κ3) is 9.24. The Morgan fingerprint density at radius 1 is 0.769 bits per heavy atom. The van der Waals surface area contributed by atoms with Crippen LogP contribution in [0.5, 0.6) is 0 Å². The third-order valence-electron chi connectivity index (χ3n) is 5.85. The highest BCUT2D eigenvalue weighted by Gasteiger charge is 2.50. The molecule has 0 N–H and O–H groups in total. The fourth-order valence-corrected chi connectivity index (χ4v) is 4.28. The number of ether oxygens (including phenoxy) is 6. The Morgan fingerprint density at radius 2 is 1.28 bits per heavy atom. The van der Waals surface area contributed by atoms with Gasteiger partial charge in [-0.2, -0.15) is 0 Å². The zero-order chi connectivity index (χ0) is 29.9. The zero-order valence-corrected chi connectivity index (χ0v) is 23.2. The second-order valence-corrected chi connectivity index (χ2v) is 9.59. The highest BCUT2D eigenvalue weighted by molar-refractivity contribution is 9.09. The number of alkyl halides is 1. The van der Waals surface area contributed by atoms with E-state index in [0.29, 0.717) is 22.0 Å². The van der Waals surface area contributed by atoms with Crippen molar-refractivity contribution in [1.29, 1.82) is 0 Å². The first-order chi connectivity index (χ1) is 20.4. The molecular formula is C31H35BrO7. The molecule has 3 aromatic rings. The van der Waals surface area contributed by atoms with E-state index in [1.807, 2.05) is 30.3 Å². The molecular weight excluding hydrogens is 564 g/mol. The highest BCUT2D eigenvalue weighted by Crippen LogP contribution is 2.31. The maximum atomic E-state index is 12.3. The van der Waals surface area contributed by atoms with E-state index >= 15 is 0 Å². The van der Waals surface area contributed by atoms with Gasteiger partial charge in [-0.3, -0.25) is 4.79 Å². The lowest BCUT2D eigenvalue weighted by atomic mass is 9.98. The fraction of sp³-hybridized carbons (Fsp3) is 0.387. The van der Waals surface area contributed by atoms with Crippen LogP contribution in [-0.4, -0.2) is 55.2 Å². The number of hydrogen-bond acceptors (Lipinski definition) is 7. The van der Waals surface area contributed by atoms with E-state index in [4.69, 9.17) is 32.5 Å². The summed E-state index contributed by atoms with van der Waals surface area (Å²) < 4.78 is 62.5. The second-order valence-electron chi connectivity index (χ2n) is 8.80. The van der Waals surface area contributed by atoms with Gasteiger partial charge >= 0.3 is 5.97 Å². The van der Waals surface area contributed by atoms with Gasteiger partial charge in [0, 0.05) is 12.3 Å². The molecule has 0 radical (unpaired) electrons. The largest absolute Gasteiger partial charge is 0.454 e. The van der Waals surface area contributed by atoms with Gasteiger partial charge in [-0.25, -0.2) is 0 Å². The van der Waals surface area contributed by atoms with E-state index in [0.717, 1.165) is 0 Å². The van der Waals surface area contributed by atoms with E-state index in [2.05, 4.69) is 15.9 Å². The lowest BCUT2D eigenvalue weighted by Crippen LogP contribution is -2.62. The second kappa shape index (κ2) is 15.9. The molecule has 1 saturated heterocycles. The van der Waals surface area contributed by atoms with Crippen LogP contribution in [0.4, 0.5) is 0 Å². The molecule has 0 saturated carbocycles. The predicted molar refractivity (Wildman–Crippen MR) is 150 cm³/mol. The summed E-state index contributed by atoms with van der Waals surface area (Å²) in [6.07, 6.45) is -5.24. The van der Waals surface area contributed by atoms with Gasteiger partial charge in [-0.15, -0.1) is 0 Å². The Kier molecular flexibility index (Phi) is 10.3. The Bertz CT molecular complexity index is 1210. The van der Waals surface area contributed by atoms with Crippen molar-refractivity contribution in [2.75, 3.05) is 18.5 Å². The van der Waals surface area contributed by atoms with Gasteiger partial charge in [0.25, 0.3) is 0 Å². The standard InChI is InChI=1S/C31H35BrO7/c1-23(33)38-30-29(37-21-26-15-9-4-10-16-26)28(36-20-25-13-7-3-8-14-25)27(39-31(30)35-18-17-32)22-34-19-24-11-5-2-6-12-24/h2-16,27-31H,17-22H2,1H3/t27-,28-,29+,30+,31?/m1/s1/i19D,20D,21D/t19?,20?,21?,27-,28-,29+,30+,31?. The molecule has 0 aliphatic carbocycles. The summed E-state index contributed by atoms with van der Waals surface area (Å²) in [6, 6.07) is 27.0. The molecule has 1 aliphatic heterocycles. The number of rotatable bonds is 14. The molecule has 4 unspecified atom stereocenters. The summed E-state index contributed by atoms with van der Waals surface area (Å²) in [4.78, 5) is 12.3. The summed E-state index contributed by atoms with van der Waals surface area (Å²) in [5.74, 6) is -0.597. The molecule has 8 heteroatoms. The van der Waals surface area contributed by atoms with Gasteiger partial charge in [-0.1, -0.05) is 107 Å². The minimum absolute atomic E-state index is 0.121. The Hall–Kier alpha value is -2.59. The molecule has 0 aromatic heterocycles. The van der Waals surface area contributed by atoms with Gasteiger partial charge < -0.3 is 28.4 Å². The molecule has 0 bridgehead atoms. The van der Waals surface area contributed by atoms with E-state index in [9.17, 15) is 4.79 Å². The smallest absolute Gasteiger partial charge is 0.303 e. The van der Waals surface area contributed by atoms with Crippen LogP contribution in [0, 0.1) is 0 Å². The molecule has 1 heterocycles. The quantitative estimate of drug-likeness (QED) is 0.180. The Labute approximate surface area is 242 Å². The molecule has 7 nitrogen and oxygen atoms in total. The molecule has 208 valence electrons. The summed E-state index contributed by atoms with van der Waals surface area (Å²) in [6.45, 7) is -1.98. The van der Waals surface area contributed by atoms with Crippen molar-refractivity contribution in [3.8, 4) is 0 Å². The van der Waals surface area contributed by atoms with Crippen molar-refractivity contribution in [2.24, 2.45) is 0 Å². The molecule has 1 aliphatic rings. The first kappa shape index (κ1) is 25.4. The number of hydrogen-bond donors (Lipinski definition) is 0. The molecule has 0 amide bonds. The van der Waals surface area contributed by atoms with Crippen LogP contribution in [-0.2, 0) is 53.0 Å². The number of benzene rings is 3. The average Bonchev–Trinajstić information content (AvgIpc) is 3.02. The van der Waals surface area contributed by atoms with Gasteiger partial charge in [0.1, 0.15) is 18.3 Å². The predicted octanol–water partition coefficient (Wildman–Crippen LogP) is 5.44. The number of halogens is 1. The van der Waals surface area contributed by atoms with Crippen LogP contribution in [0.15, 0.2) is 91.0 Å². The molecule has 1 fully saturated rings. The van der Waals surface area contributed by atoms with Crippen LogP contribution >= 0.6 is 15.9 Å². The first-order valence-electron chi connectivity index (χ1n) is 14.4. The Morgan fingerprint density at radius 3 is 1.79 bits per heavy atom. The molecule has 3 aromatic carbocycles. The van der Waals surface area contributed by atoms with Gasteiger partial charge in [0.15, 0.2) is 12.4 Å². The molecule has 39 heavy (non-hydrogen) atoms. The monoisotopic (exact) mass is 601 g/mol. The summed E-state index contributed by atoms with van der Waals surface area (Å²) in [5, 5.41) is 0.489. The number of esters is 1. The average molecular weight is 603 g/mol. The highest BCUT2D eigenvalue weighted by atomic mass is 79.9. The topological polar surface area (TPSA) is 72.5 Å². The lowest BCUT2D eigenvalue weighted by molar-refractivity contribution is -0.319. The summed E-state index contributed by atoms with van der Waals surface area (Å²) in [5.41, 5.74) is 1.82. The lowest BCUT2D eigenvalue weighted by Gasteiger charge is -2.45. The molecule has 8 atom stereocenters. The number of carbonyl (C=O) groups excluding carboxylic acids is 1. The zero-order valence-electron chi connectivity index (χ0n) is 24.6. The SMILES string of the molecule is [2H]C(OC[C@H]1OC(OCCBr)[C@@H](OC(C)=O)[C@@H](OC([2H])c2ccccc2)[C@@H]1OC([2H])c1ccccc1)c1ccccc1. The number of carbonyl (C=O) groups is 1. The molecule has 4 rings (SSSR count). The van der Waals surface area contributed by atoms with Crippen LogP contribution in [0.3, 0.4) is 0 Å². The van der Waals surface area contributed by atoms with Gasteiger partial charge in [-0.05, 0) is 16.7 Å².